The van der Waals surface area contributed by atoms with Crippen molar-refractivity contribution < 1.29 is 23.5 Å². The van der Waals surface area contributed by atoms with Crippen molar-refractivity contribution in [3.05, 3.63) is 47.6 Å². The summed E-state index contributed by atoms with van der Waals surface area (Å²) < 4.78 is 17.6. The van der Waals surface area contributed by atoms with Gasteiger partial charge in [0.15, 0.2) is 5.69 Å². The summed E-state index contributed by atoms with van der Waals surface area (Å²) in [6.45, 7) is 0. The molecule has 2 rings (SSSR count). The number of carboxylic acid groups (broad SMARTS) is 1. The Morgan fingerprint density at radius 1 is 1.39 bits per heavy atom. The number of nitrogens with zero attached hydrogens (tertiary/aromatic N) is 1. The molecule has 1 aromatic carbocycles. The molecule has 2 N–H and O–H groups in total. The summed E-state index contributed by atoms with van der Waals surface area (Å²) in [5, 5.41) is 10.8. The number of carboxylic acids is 1. The highest BCUT2D eigenvalue weighted by Crippen LogP contribution is 2.10. The van der Waals surface area contributed by atoms with Crippen LogP contribution in [-0.4, -0.2) is 22.0 Å². The highest BCUT2D eigenvalue weighted by molar-refractivity contribution is 6.03. The number of hydrogen-bond donors (Lipinski definition) is 2. The van der Waals surface area contributed by atoms with Gasteiger partial charge in [-0.1, -0.05) is 6.07 Å². The third-order valence-electron chi connectivity index (χ3n) is 2.03. The monoisotopic (exact) mass is 250 g/mol. The molecule has 0 unspecified atom stereocenters. The molecular formula is C11H7FN2O4. The van der Waals surface area contributed by atoms with Crippen LogP contribution in [0, 0.1) is 5.82 Å². The number of hydrogen-bond acceptors (Lipinski definition) is 4. The zero-order valence-corrected chi connectivity index (χ0v) is 8.88. The van der Waals surface area contributed by atoms with Gasteiger partial charge in [0.25, 0.3) is 5.91 Å². The molecule has 0 radical (unpaired) electrons. The minimum Gasteiger partial charge on any atom is -0.476 e. The first-order valence-corrected chi connectivity index (χ1v) is 4.82. The fourth-order valence-corrected chi connectivity index (χ4v) is 1.23. The van der Waals surface area contributed by atoms with Crippen molar-refractivity contribution in [2.75, 3.05) is 5.32 Å². The van der Waals surface area contributed by atoms with Gasteiger partial charge >= 0.3 is 12.0 Å². The number of nitrogens with one attached hydrogen (secondary N) is 1. The van der Waals surface area contributed by atoms with E-state index < -0.39 is 17.7 Å². The molecule has 1 amide bonds. The van der Waals surface area contributed by atoms with Crippen LogP contribution >= 0.6 is 0 Å². The van der Waals surface area contributed by atoms with Gasteiger partial charge in [-0.05, 0) is 18.2 Å². The van der Waals surface area contributed by atoms with Crippen molar-refractivity contribution in [2.45, 2.75) is 0 Å². The van der Waals surface area contributed by atoms with Crippen LogP contribution in [0.1, 0.15) is 20.8 Å². The molecule has 0 aliphatic rings. The number of aromatic carboxylic acids is 1. The van der Waals surface area contributed by atoms with E-state index >= 15 is 0 Å². The number of halogens is 1. The second-order valence-electron chi connectivity index (χ2n) is 3.31. The van der Waals surface area contributed by atoms with Crippen LogP contribution in [0.3, 0.4) is 0 Å². The Bertz CT molecular complexity index is 609. The smallest absolute Gasteiger partial charge is 0.357 e. The quantitative estimate of drug-likeness (QED) is 0.865. The SMILES string of the molecule is O=C(Nc1nc(C(=O)O)co1)c1cccc(F)c1. The number of rotatable bonds is 3. The van der Waals surface area contributed by atoms with Crippen LogP contribution in [0.15, 0.2) is 34.9 Å². The highest BCUT2D eigenvalue weighted by Gasteiger charge is 2.13. The molecule has 0 fully saturated rings. The second-order valence-corrected chi connectivity index (χ2v) is 3.31. The van der Waals surface area contributed by atoms with Gasteiger partial charge in [0.05, 0.1) is 0 Å². The molecule has 0 atom stereocenters. The first kappa shape index (κ1) is 11.8. The molecule has 92 valence electrons. The number of benzene rings is 1. The first-order valence-electron chi connectivity index (χ1n) is 4.82. The molecule has 1 aromatic heterocycles. The molecule has 18 heavy (non-hydrogen) atoms. The molecule has 0 aliphatic carbocycles. The normalized spacial score (nSPS) is 10.1. The maximum Gasteiger partial charge on any atom is 0.357 e. The van der Waals surface area contributed by atoms with Gasteiger partial charge in [0, 0.05) is 5.56 Å². The topological polar surface area (TPSA) is 92.4 Å². The molecule has 0 bridgehead atoms. The standard InChI is InChI=1S/C11H7FN2O4/c12-7-3-1-2-6(4-7)9(15)14-11-13-8(5-18-11)10(16)17/h1-5H,(H,16,17)(H,13,14,15). The second kappa shape index (κ2) is 4.66. The van der Waals surface area contributed by atoms with Gasteiger partial charge in [-0.15, -0.1) is 0 Å². The third-order valence-corrected chi connectivity index (χ3v) is 2.03. The fourth-order valence-electron chi connectivity index (χ4n) is 1.23. The van der Waals surface area contributed by atoms with Crippen LogP contribution in [0.4, 0.5) is 10.4 Å². The number of carbonyl (C=O) groups is 2. The fraction of sp³-hybridized carbons (Fsp3) is 0. The van der Waals surface area contributed by atoms with Crippen LogP contribution in [-0.2, 0) is 0 Å². The van der Waals surface area contributed by atoms with E-state index in [9.17, 15) is 14.0 Å². The molecule has 0 spiro atoms. The molecule has 0 saturated heterocycles. The minimum atomic E-state index is -1.27. The van der Waals surface area contributed by atoms with Crippen LogP contribution in [0.2, 0.25) is 0 Å². The van der Waals surface area contributed by atoms with E-state index in [1.54, 1.807) is 0 Å². The van der Waals surface area contributed by atoms with Crippen LogP contribution in [0.25, 0.3) is 0 Å². The molecule has 0 aliphatic heterocycles. The number of oxazole rings is 1. The Morgan fingerprint density at radius 3 is 2.78 bits per heavy atom. The summed E-state index contributed by atoms with van der Waals surface area (Å²) >= 11 is 0. The van der Waals surface area contributed by atoms with Gasteiger partial charge in [0.1, 0.15) is 12.1 Å². The van der Waals surface area contributed by atoms with Crippen molar-refractivity contribution >= 4 is 17.9 Å². The predicted octanol–water partition coefficient (Wildman–Crippen LogP) is 1.76. The molecule has 1 heterocycles. The first-order chi connectivity index (χ1) is 8.56. The Labute approximate surface area is 100 Å². The Balaban J connectivity index is 2.13. The van der Waals surface area contributed by atoms with Gasteiger partial charge < -0.3 is 9.52 Å². The predicted molar refractivity (Wildman–Crippen MR) is 57.8 cm³/mol. The summed E-state index contributed by atoms with van der Waals surface area (Å²) in [6, 6.07) is 4.75. The zero-order valence-electron chi connectivity index (χ0n) is 8.88. The van der Waals surface area contributed by atoms with E-state index in [2.05, 4.69) is 10.3 Å². The van der Waals surface area contributed by atoms with E-state index in [0.717, 1.165) is 12.3 Å². The average Bonchev–Trinajstić information content (AvgIpc) is 2.77. The van der Waals surface area contributed by atoms with E-state index in [0.29, 0.717) is 0 Å². The van der Waals surface area contributed by atoms with E-state index in [4.69, 9.17) is 9.52 Å². The third kappa shape index (κ3) is 2.51. The molecular weight excluding hydrogens is 243 g/mol. The lowest BCUT2D eigenvalue weighted by Gasteiger charge is -2.00. The molecule has 0 saturated carbocycles. The summed E-state index contributed by atoms with van der Waals surface area (Å²) in [6.07, 6.45) is 0.892. The summed E-state index contributed by atoms with van der Waals surface area (Å²) in [7, 11) is 0. The number of aromatic nitrogens is 1. The summed E-state index contributed by atoms with van der Waals surface area (Å²) in [4.78, 5) is 25.7. The van der Waals surface area contributed by atoms with Crippen molar-refractivity contribution in [3.8, 4) is 0 Å². The lowest BCUT2D eigenvalue weighted by atomic mass is 10.2. The zero-order chi connectivity index (χ0) is 13.1. The van der Waals surface area contributed by atoms with E-state index in [1.165, 1.54) is 18.2 Å². The van der Waals surface area contributed by atoms with Crippen molar-refractivity contribution in [2.24, 2.45) is 0 Å². The summed E-state index contributed by atoms with van der Waals surface area (Å²) in [5.41, 5.74) is -0.255. The maximum absolute atomic E-state index is 12.9. The van der Waals surface area contributed by atoms with Crippen molar-refractivity contribution in [1.29, 1.82) is 0 Å². The average molecular weight is 250 g/mol. The molecule has 2 aromatic rings. The van der Waals surface area contributed by atoms with Gasteiger partial charge in [-0.25, -0.2) is 9.18 Å². The Morgan fingerprint density at radius 2 is 2.17 bits per heavy atom. The van der Waals surface area contributed by atoms with Gasteiger partial charge in [-0.3, -0.25) is 10.1 Å². The minimum absolute atomic E-state index is 0.0741. The highest BCUT2D eigenvalue weighted by atomic mass is 19.1. The van der Waals surface area contributed by atoms with Crippen molar-refractivity contribution in [1.82, 2.24) is 4.98 Å². The molecule has 6 nitrogen and oxygen atoms in total. The number of amides is 1. The Hall–Kier alpha value is -2.70. The van der Waals surface area contributed by atoms with Gasteiger partial charge in [0.2, 0.25) is 0 Å². The van der Waals surface area contributed by atoms with Gasteiger partial charge in [-0.2, -0.15) is 4.98 Å². The van der Waals surface area contributed by atoms with Crippen LogP contribution in [0.5, 0.6) is 0 Å². The van der Waals surface area contributed by atoms with E-state index in [1.807, 2.05) is 0 Å². The van der Waals surface area contributed by atoms with Crippen molar-refractivity contribution in [3.63, 3.8) is 0 Å². The Kier molecular flexibility index (Phi) is 3.05. The van der Waals surface area contributed by atoms with Crippen LogP contribution < -0.4 is 5.32 Å². The number of anilines is 1. The number of carbonyl (C=O) groups excluding carboxylic acids is 1. The maximum atomic E-state index is 12.9. The summed E-state index contributed by atoms with van der Waals surface area (Å²) in [5.74, 6) is -2.47. The van der Waals surface area contributed by atoms with E-state index in [-0.39, 0.29) is 17.3 Å². The molecule has 7 heteroatoms. The lowest BCUT2D eigenvalue weighted by molar-refractivity contribution is 0.0690. The largest absolute Gasteiger partial charge is 0.476 e. The lowest BCUT2D eigenvalue weighted by Crippen LogP contribution is -2.12.